The van der Waals surface area contributed by atoms with Gasteiger partial charge in [-0.2, -0.15) is 5.10 Å². The van der Waals surface area contributed by atoms with Gasteiger partial charge in [-0.15, -0.1) is 0 Å². The van der Waals surface area contributed by atoms with Crippen LogP contribution in [0.15, 0.2) is 0 Å². The molecule has 0 unspecified atom stereocenters. The van der Waals surface area contributed by atoms with Crippen molar-refractivity contribution in [3.63, 3.8) is 0 Å². The lowest BCUT2D eigenvalue weighted by Crippen LogP contribution is -2.35. The Kier molecular flexibility index (Phi) is 7.30. The van der Waals surface area contributed by atoms with Crippen molar-refractivity contribution in [2.75, 3.05) is 32.8 Å². The lowest BCUT2D eigenvalue weighted by atomic mass is 9.87. The van der Waals surface area contributed by atoms with Crippen LogP contribution >= 0.6 is 0 Å². The van der Waals surface area contributed by atoms with Crippen molar-refractivity contribution in [1.82, 2.24) is 19.6 Å². The number of carbonyl (C=O) groups excluding carboxylic acids is 1. The molecule has 1 aromatic rings. The molecule has 0 radical (unpaired) electrons. The van der Waals surface area contributed by atoms with E-state index in [-0.39, 0.29) is 6.61 Å². The second-order valence-corrected chi connectivity index (χ2v) is 8.30. The van der Waals surface area contributed by atoms with E-state index >= 15 is 0 Å². The molecule has 2 aliphatic rings. The van der Waals surface area contributed by atoms with E-state index < -0.39 is 0 Å². The number of amides is 1. The van der Waals surface area contributed by atoms with Crippen LogP contribution in [-0.2, 0) is 17.9 Å². The maximum absolute atomic E-state index is 12.6. The molecule has 1 saturated heterocycles. The number of aliphatic hydroxyl groups excluding tert-OH is 1. The zero-order valence-electron chi connectivity index (χ0n) is 17.1. The number of hydrogen-bond donors (Lipinski definition) is 1. The first-order valence-electron chi connectivity index (χ1n) is 10.7. The maximum atomic E-state index is 12.6. The first-order valence-corrected chi connectivity index (χ1v) is 10.7. The summed E-state index contributed by atoms with van der Waals surface area (Å²) in [6.45, 7) is 9.13. The highest BCUT2D eigenvalue weighted by Crippen LogP contribution is 2.26. The molecule has 0 spiro atoms. The predicted octanol–water partition coefficient (Wildman–Crippen LogP) is 2.50. The molecule has 0 bridgehead atoms. The summed E-state index contributed by atoms with van der Waals surface area (Å²) in [6, 6.07) is 0. The topological polar surface area (TPSA) is 61.6 Å². The Bertz CT molecular complexity index is 622. The molecular formula is C21H36N4O2. The van der Waals surface area contributed by atoms with Gasteiger partial charge in [-0.05, 0) is 26.2 Å². The zero-order chi connectivity index (χ0) is 19.2. The summed E-state index contributed by atoms with van der Waals surface area (Å²) < 4.78 is 1.89. The van der Waals surface area contributed by atoms with Gasteiger partial charge < -0.3 is 10.0 Å². The lowest BCUT2D eigenvalue weighted by Gasteiger charge is -2.26. The van der Waals surface area contributed by atoms with Crippen LogP contribution in [-0.4, -0.2) is 63.4 Å². The van der Waals surface area contributed by atoms with Crippen LogP contribution in [0.3, 0.4) is 0 Å². The highest BCUT2D eigenvalue weighted by molar-refractivity contribution is 5.76. The SMILES string of the molecule is Cc1nn(CCO)c(C)c1CN1CCC(=O)N(CCC2CCCCC2)CC1. The highest BCUT2D eigenvalue weighted by atomic mass is 16.3. The van der Waals surface area contributed by atoms with Crippen molar-refractivity contribution in [3.05, 3.63) is 17.0 Å². The van der Waals surface area contributed by atoms with Crippen LogP contribution < -0.4 is 0 Å². The maximum Gasteiger partial charge on any atom is 0.223 e. The Labute approximate surface area is 163 Å². The van der Waals surface area contributed by atoms with E-state index in [0.717, 1.165) is 50.0 Å². The summed E-state index contributed by atoms with van der Waals surface area (Å²) in [5.41, 5.74) is 3.41. The van der Waals surface area contributed by atoms with Gasteiger partial charge in [-0.3, -0.25) is 14.4 Å². The molecule has 1 aromatic heterocycles. The summed E-state index contributed by atoms with van der Waals surface area (Å²) in [6.07, 6.45) is 8.63. The third-order valence-corrected chi connectivity index (χ3v) is 6.44. The van der Waals surface area contributed by atoms with Gasteiger partial charge in [0.15, 0.2) is 0 Å². The number of aryl methyl sites for hydroxylation is 1. The van der Waals surface area contributed by atoms with E-state index in [2.05, 4.69) is 21.8 Å². The predicted molar refractivity (Wildman–Crippen MR) is 106 cm³/mol. The second-order valence-electron chi connectivity index (χ2n) is 8.30. The van der Waals surface area contributed by atoms with Crippen LogP contribution in [0.25, 0.3) is 0 Å². The molecule has 2 fully saturated rings. The van der Waals surface area contributed by atoms with Gasteiger partial charge in [-0.1, -0.05) is 32.1 Å². The smallest absolute Gasteiger partial charge is 0.223 e. The number of aromatic nitrogens is 2. The lowest BCUT2D eigenvalue weighted by molar-refractivity contribution is -0.130. The minimum Gasteiger partial charge on any atom is -0.394 e. The molecule has 2 heterocycles. The third-order valence-electron chi connectivity index (χ3n) is 6.44. The van der Waals surface area contributed by atoms with Crippen LogP contribution in [0.1, 0.15) is 61.9 Å². The van der Waals surface area contributed by atoms with Crippen LogP contribution in [0.4, 0.5) is 0 Å². The summed E-state index contributed by atoms with van der Waals surface area (Å²) in [5.74, 6) is 1.14. The van der Waals surface area contributed by atoms with Gasteiger partial charge in [0.2, 0.25) is 5.91 Å². The van der Waals surface area contributed by atoms with Gasteiger partial charge in [0.25, 0.3) is 0 Å². The Hall–Kier alpha value is -1.40. The Morgan fingerprint density at radius 1 is 1.07 bits per heavy atom. The van der Waals surface area contributed by atoms with Crippen molar-refractivity contribution in [2.45, 2.75) is 71.9 Å². The first-order chi connectivity index (χ1) is 13.1. The van der Waals surface area contributed by atoms with Crippen LogP contribution in [0.5, 0.6) is 0 Å². The number of carbonyl (C=O) groups is 1. The van der Waals surface area contributed by atoms with Crippen molar-refractivity contribution in [1.29, 1.82) is 0 Å². The van der Waals surface area contributed by atoms with E-state index in [9.17, 15) is 9.90 Å². The Morgan fingerprint density at radius 3 is 2.59 bits per heavy atom. The Morgan fingerprint density at radius 2 is 1.85 bits per heavy atom. The standard InChI is InChI=1S/C21H36N4O2/c1-17-20(18(2)25(22-17)14-15-26)16-23-10-9-21(27)24(13-12-23)11-8-19-6-4-3-5-7-19/h19,26H,3-16H2,1-2H3. The van der Waals surface area contributed by atoms with E-state index in [1.54, 1.807) is 0 Å². The number of aliphatic hydroxyl groups is 1. The summed E-state index contributed by atoms with van der Waals surface area (Å²) in [4.78, 5) is 17.1. The normalized spacial score (nSPS) is 20.3. The fraction of sp³-hybridized carbons (Fsp3) is 0.810. The molecule has 1 N–H and O–H groups in total. The molecule has 1 aliphatic carbocycles. The monoisotopic (exact) mass is 376 g/mol. The second kappa shape index (κ2) is 9.69. The van der Waals surface area contributed by atoms with Gasteiger partial charge in [0, 0.05) is 50.4 Å². The van der Waals surface area contributed by atoms with Gasteiger partial charge in [0.05, 0.1) is 18.8 Å². The summed E-state index contributed by atoms with van der Waals surface area (Å²) >= 11 is 0. The van der Waals surface area contributed by atoms with Crippen LogP contribution in [0, 0.1) is 19.8 Å². The molecule has 1 amide bonds. The zero-order valence-corrected chi connectivity index (χ0v) is 17.1. The van der Waals surface area contributed by atoms with Gasteiger partial charge >= 0.3 is 0 Å². The number of rotatable bonds is 7. The average Bonchev–Trinajstić information content (AvgIpc) is 2.82. The third kappa shape index (κ3) is 5.32. The van der Waals surface area contributed by atoms with Crippen molar-refractivity contribution in [2.24, 2.45) is 5.92 Å². The molecule has 0 aromatic carbocycles. The van der Waals surface area contributed by atoms with E-state index in [1.807, 2.05) is 11.6 Å². The molecule has 3 rings (SSSR count). The van der Waals surface area contributed by atoms with E-state index in [0.29, 0.717) is 18.9 Å². The van der Waals surface area contributed by atoms with Crippen molar-refractivity contribution in [3.8, 4) is 0 Å². The minimum absolute atomic E-state index is 0.107. The molecule has 1 saturated carbocycles. The summed E-state index contributed by atoms with van der Waals surface area (Å²) in [5, 5.41) is 13.7. The molecule has 152 valence electrons. The quantitative estimate of drug-likeness (QED) is 0.794. The summed E-state index contributed by atoms with van der Waals surface area (Å²) in [7, 11) is 0. The number of hydrogen-bond acceptors (Lipinski definition) is 4. The van der Waals surface area contributed by atoms with E-state index in [1.165, 1.54) is 44.1 Å². The number of nitrogens with zero attached hydrogens (tertiary/aromatic N) is 4. The minimum atomic E-state index is 0.107. The average molecular weight is 377 g/mol. The molecule has 6 nitrogen and oxygen atoms in total. The van der Waals surface area contributed by atoms with Crippen molar-refractivity contribution < 1.29 is 9.90 Å². The van der Waals surface area contributed by atoms with Crippen LogP contribution in [0.2, 0.25) is 0 Å². The molecule has 6 heteroatoms. The fourth-order valence-electron chi connectivity index (χ4n) is 4.62. The van der Waals surface area contributed by atoms with Crippen molar-refractivity contribution >= 4 is 5.91 Å². The molecular weight excluding hydrogens is 340 g/mol. The van der Waals surface area contributed by atoms with E-state index in [4.69, 9.17) is 0 Å². The van der Waals surface area contributed by atoms with Gasteiger partial charge in [0.1, 0.15) is 0 Å². The molecule has 0 atom stereocenters. The first kappa shape index (κ1) is 20.3. The molecule has 27 heavy (non-hydrogen) atoms. The Balaban J connectivity index is 1.53. The fourth-order valence-corrected chi connectivity index (χ4v) is 4.62. The van der Waals surface area contributed by atoms with Gasteiger partial charge in [-0.25, -0.2) is 0 Å². The largest absolute Gasteiger partial charge is 0.394 e. The molecule has 1 aliphatic heterocycles. The highest BCUT2D eigenvalue weighted by Gasteiger charge is 2.24.